The number of pyridine rings is 1. The number of nitrogens with zero attached hydrogens (tertiary/aromatic N) is 1. The Labute approximate surface area is 132 Å². The summed E-state index contributed by atoms with van der Waals surface area (Å²) in [6.45, 7) is 6.18. The van der Waals surface area contributed by atoms with Crippen LogP contribution in [0, 0.1) is 5.92 Å². The number of nitrogens with two attached hydrogens (primary N) is 1. The fourth-order valence-electron chi connectivity index (χ4n) is 2.76. The van der Waals surface area contributed by atoms with Gasteiger partial charge in [-0.25, -0.2) is 13.1 Å². The van der Waals surface area contributed by atoms with Crippen LogP contribution < -0.4 is 10.5 Å². The van der Waals surface area contributed by atoms with Crippen molar-refractivity contribution in [3.63, 3.8) is 0 Å². The summed E-state index contributed by atoms with van der Waals surface area (Å²) in [4.78, 5) is 4.44. The fourth-order valence-corrected chi connectivity index (χ4v) is 4.40. The van der Waals surface area contributed by atoms with Gasteiger partial charge in [-0.05, 0) is 43.5 Å². The first-order chi connectivity index (χ1) is 10.3. The first-order valence-electron chi connectivity index (χ1n) is 7.35. The largest absolute Gasteiger partial charge is 0.329 e. The molecule has 2 aromatic rings. The molecule has 3 N–H and O–H groups in total. The molecule has 6 heteroatoms. The van der Waals surface area contributed by atoms with E-state index in [4.69, 9.17) is 5.73 Å². The molecule has 5 nitrogen and oxygen atoms in total. The second-order valence-corrected chi connectivity index (χ2v) is 7.95. The van der Waals surface area contributed by atoms with Gasteiger partial charge in [0.25, 0.3) is 0 Å². The third kappa shape index (κ3) is 3.63. The van der Waals surface area contributed by atoms with Crippen LogP contribution in [0.3, 0.4) is 0 Å². The van der Waals surface area contributed by atoms with Crippen LogP contribution in [0.4, 0.5) is 0 Å². The lowest BCUT2D eigenvalue weighted by molar-refractivity contribution is 0.344. The Kier molecular flexibility index (Phi) is 4.84. The van der Waals surface area contributed by atoms with Crippen LogP contribution in [0.15, 0.2) is 41.4 Å². The number of fused-ring (bicyclic) bond motifs is 1. The highest BCUT2D eigenvalue weighted by atomic mass is 32.2. The first-order valence-corrected chi connectivity index (χ1v) is 8.83. The summed E-state index contributed by atoms with van der Waals surface area (Å²) in [5.41, 5.74) is 5.80. The molecule has 0 saturated heterocycles. The first kappa shape index (κ1) is 16.9. The van der Waals surface area contributed by atoms with E-state index in [2.05, 4.69) is 9.71 Å². The molecule has 120 valence electrons. The zero-order valence-electron chi connectivity index (χ0n) is 13.2. The smallest absolute Gasteiger partial charge is 0.241 e. The maximum absolute atomic E-state index is 12.8. The van der Waals surface area contributed by atoms with Gasteiger partial charge >= 0.3 is 0 Å². The van der Waals surface area contributed by atoms with Crippen LogP contribution in [0.5, 0.6) is 0 Å². The van der Waals surface area contributed by atoms with E-state index in [1.807, 2.05) is 20.8 Å². The van der Waals surface area contributed by atoms with E-state index < -0.39 is 15.6 Å². The van der Waals surface area contributed by atoms with E-state index in [-0.39, 0.29) is 11.4 Å². The van der Waals surface area contributed by atoms with Crippen LogP contribution in [-0.4, -0.2) is 25.5 Å². The molecule has 0 aliphatic carbocycles. The Morgan fingerprint density at radius 1 is 1.27 bits per heavy atom. The van der Waals surface area contributed by atoms with E-state index in [0.29, 0.717) is 23.2 Å². The topological polar surface area (TPSA) is 85.1 Å². The molecule has 1 aromatic carbocycles. The van der Waals surface area contributed by atoms with Gasteiger partial charge in [-0.15, -0.1) is 0 Å². The van der Waals surface area contributed by atoms with Gasteiger partial charge in [0.2, 0.25) is 10.0 Å². The van der Waals surface area contributed by atoms with Crippen LogP contribution in [-0.2, 0) is 10.0 Å². The Morgan fingerprint density at radius 3 is 2.64 bits per heavy atom. The van der Waals surface area contributed by atoms with Gasteiger partial charge in [-0.1, -0.05) is 19.9 Å². The molecule has 1 aromatic heterocycles. The Balaban J connectivity index is 2.45. The Morgan fingerprint density at radius 2 is 2.00 bits per heavy atom. The summed E-state index contributed by atoms with van der Waals surface area (Å²) in [6.07, 6.45) is 2.32. The highest BCUT2D eigenvalue weighted by Gasteiger charge is 2.31. The molecule has 1 heterocycles. The van der Waals surface area contributed by atoms with Gasteiger partial charge in [-0.3, -0.25) is 4.98 Å². The normalized spacial score (nSPS) is 15.1. The number of nitrogens with one attached hydrogen (secondary N) is 1. The molecule has 0 aliphatic rings. The highest BCUT2D eigenvalue weighted by Crippen LogP contribution is 2.24. The van der Waals surface area contributed by atoms with Crippen molar-refractivity contribution in [3.05, 3.63) is 36.5 Å². The molecular formula is C16H23N3O2S. The molecular weight excluding hydrogens is 298 g/mol. The van der Waals surface area contributed by atoms with E-state index in [0.717, 1.165) is 0 Å². The van der Waals surface area contributed by atoms with Gasteiger partial charge in [-0.2, -0.15) is 0 Å². The summed E-state index contributed by atoms with van der Waals surface area (Å²) in [7, 11) is -3.67. The summed E-state index contributed by atoms with van der Waals surface area (Å²) in [6, 6.07) is 8.59. The molecule has 0 bridgehead atoms. The minimum atomic E-state index is -3.67. The average Bonchev–Trinajstić information content (AvgIpc) is 2.45. The monoisotopic (exact) mass is 321 g/mol. The molecule has 1 unspecified atom stereocenters. The maximum atomic E-state index is 12.8. The maximum Gasteiger partial charge on any atom is 0.241 e. The third-order valence-electron chi connectivity index (χ3n) is 3.59. The lowest BCUT2D eigenvalue weighted by Gasteiger charge is -2.31. The predicted octanol–water partition coefficient (Wildman–Crippen LogP) is 2.28. The lowest BCUT2D eigenvalue weighted by Crippen LogP contribution is -2.52. The van der Waals surface area contributed by atoms with Gasteiger partial charge in [0.05, 0.1) is 10.4 Å². The average molecular weight is 321 g/mol. The van der Waals surface area contributed by atoms with E-state index in [9.17, 15) is 8.42 Å². The van der Waals surface area contributed by atoms with Crippen LogP contribution in [0.1, 0.15) is 27.2 Å². The van der Waals surface area contributed by atoms with E-state index in [1.165, 1.54) is 0 Å². The van der Waals surface area contributed by atoms with Gasteiger partial charge in [0.15, 0.2) is 0 Å². The minimum Gasteiger partial charge on any atom is -0.329 e. The number of sulfonamides is 1. The number of hydrogen-bond acceptors (Lipinski definition) is 4. The predicted molar refractivity (Wildman–Crippen MR) is 89.0 cm³/mol. The molecule has 0 radical (unpaired) electrons. The molecule has 0 saturated carbocycles. The Hall–Kier alpha value is -1.50. The van der Waals surface area contributed by atoms with Crippen molar-refractivity contribution in [1.82, 2.24) is 9.71 Å². The van der Waals surface area contributed by atoms with Crippen molar-refractivity contribution in [2.24, 2.45) is 11.7 Å². The van der Waals surface area contributed by atoms with Crippen molar-refractivity contribution in [1.29, 1.82) is 0 Å². The summed E-state index contributed by atoms with van der Waals surface area (Å²) >= 11 is 0. The minimum absolute atomic E-state index is 0.238. The van der Waals surface area contributed by atoms with Crippen molar-refractivity contribution < 1.29 is 8.42 Å². The molecule has 22 heavy (non-hydrogen) atoms. The van der Waals surface area contributed by atoms with Gasteiger partial charge < -0.3 is 5.73 Å². The summed E-state index contributed by atoms with van der Waals surface area (Å²) in [5, 5.41) is 0.612. The van der Waals surface area contributed by atoms with Crippen molar-refractivity contribution in [2.45, 2.75) is 37.6 Å². The van der Waals surface area contributed by atoms with Crippen molar-refractivity contribution in [3.8, 4) is 0 Å². The quantitative estimate of drug-likeness (QED) is 0.855. The SMILES string of the molecule is CC(C)CC(C)(CN)NS(=O)(=O)c1cccc2ncccc12. The third-order valence-corrected chi connectivity index (χ3v) is 5.28. The standard InChI is InChI=1S/C16H23N3O2S/c1-12(2)10-16(3,11-17)19-22(20,21)15-8-4-7-14-13(15)6-5-9-18-14/h4-9,12,19H,10-11,17H2,1-3H3. The zero-order valence-corrected chi connectivity index (χ0v) is 14.0. The molecule has 0 fully saturated rings. The summed E-state index contributed by atoms with van der Waals surface area (Å²) < 4.78 is 28.4. The second kappa shape index (κ2) is 6.32. The van der Waals surface area contributed by atoms with Crippen LogP contribution in [0.2, 0.25) is 0 Å². The zero-order chi connectivity index (χ0) is 16.4. The van der Waals surface area contributed by atoms with E-state index >= 15 is 0 Å². The lowest BCUT2D eigenvalue weighted by atomic mass is 9.92. The van der Waals surface area contributed by atoms with Crippen molar-refractivity contribution >= 4 is 20.9 Å². The number of rotatable bonds is 6. The number of hydrogen-bond donors (Lipinski definition) is 2. The molecule has 0 spiro atoms. The number of aromatic nitrogens is 1. The molecule has 1 atom stereocenters. The molecule has 2 rings (SSSR count). The van der Waals surface area contributed by atoms with Crippen LogP contribution >= 0.6 is 0 Å². The van der Waals surface area contributed by atoms with Crippen LogP contribution in [0.25, 0.3) is 10.9 Å². The van der Waals surface area contributed by atoms with E-state index in [1.54, 1.807) is 36.5 Å². The van der Waals surface area contributed by atoms with Gasteiger partial charge in [0.1, 0.15) is 0 Å². The second-order valence-electron chi connectivity index (χ2n) is 6.29. The highest BCUT2D eigenvalue weighted by molar-refractivity contribution is 7.89. The number of benzene rings is 1. The molecule has 0 amide bonds. The Bertz CT molecular complexity index is 754. The van der Waals surface area contributed by atoms with Crippen molar-refractivity contribution in [2.75, 3.05) is 6.54 Å². The summed E-state index contributed by atoms with van der Waals surface area (Å²) in [5.74, 6) is 0.338. The van der Waals surface area contributed by atoms with Gasteiger partial charge in [0, 0.05) is 23.7 Å². The molecule has 0 aliphatic heterocycles. The fraction of sp³-hybridized carbons (Fsp3) is 0.438.